The number of nitrogens with one attached hydrogen (secondary N) is 3. The van der Waals surface area contributed by atoms with E-state index in [1.54, 1.807) is 0 Å². The van der Waals surface area contributed by atoms with Gasteiger partial charge in [0.2, 0.25) is 5.91 Å². The lowest BCUT2D eigenvalue weighted by atomic mass is 10.2. The molecule has 3 N–H and O–H groups in total. The molecule has 0 radical (unpaired) electrons. The smallest absolute Gasteiger partial charge is 0.254 e. The molecule has 20 heavy (non-hydrogen) atoms. The average Bonchev–Trinajstić information content (AvgIpc) is 2.83. The van der Waals surface area contributed by atoms with Gasteiger partial charge in [-0.1, -0.05) is 6.92 Å². The van der Waals surface area contributed by atoms with Crippen LogP contribution < -0.4 is 16.0 Å². The number of hydrogen-bond donors (Lipinski definition) is 3. The quantitative estimate of drug-likeness (QED) is 0.740. The Labute approximate surface area is 116 Å². The highest BCUT2D eigenvalue weighted by molar-refractivity contribution is 5.96. The zero-order valence-corrected chi connectivity index (χ0v) is 11.2. The first kappa shape index (κ1) is 14.2. The van der Waals surface area contributed by atoms with Crippen LogP contribution in [0, 0.1) is 5.82 Å². The summed E-state index contributed by atoms with van der Waals surface area (Å²) >= 11 is 0. The molecule has 7 heteroatoms. The summed E-state index contributed by atoms with van der Waals surface area (Å²) in [6.07, 6.45) is 2.43. The molecule has 1 saturated heterocycles. The number of nitrogens with zero attached hydrogens (tertiary/aromatic N) is 1. The fourth-order valence-electron chi connectivity index (χ4n) is 1.96. The fourth-order valence-corrected chi connectivity index (χ4v) is 1.96. The molecule has 0 aromatic carbocycles. The van der Waals surface area contributed by atoms with E-state index in [1.807, 2.05) is 6.92 Å². The van der Waals surface area contributed by atoms with E-state index in [2.05, 4.69) is 20.9 Å². The van der Waals surface area contributed by atoms with Gasteiger partial charge in [0.1, 0.15) is 0 Å². The summed E-state index contributed by atoms with van der Waals surface area (Å²) in [5.74, 6) is -1.25. The number of amides is 2. The van der Waals surface area contributed by atoms with Gasteiger partial charge in [0.05, 0.1) is 11.6 Å². The monoisotopic (exact) mass is 280 g/mol. The number of rotatable bonds is 5. The van der Waals surface area contributed by atoms with Gasteiger partial charge in [-0.25, -0.2) is 9.37 Å². The average molecular weight is 280 g/mol. The maximum atomic E-state index is 14.1. The molecule has 2 rings (SSSR count). The summed E-state index contributed by atoms with van der Waals surface area (Å²) in [5.41, 5.74) is -0.0713. The van der Waals surface area contributed by atoms with Crippen LogP contribution in [0.4, 0.5) is 10.2 Å². The zero-order chi connectivity index (χ0) is 14.5. The topological polar surface area (TPSA) is 83.1 Å². The van der Waals surface area contributed by atoms with Crippen LogP contribution in [0.2, 0.25) is 0 Å². The first-order valence-electron chi connectivity index (χ1n) is 6.57. The van der Waals surface area contributed by atoms with Gasteiger partial charge in [-0.15, -0.1) is 0 Å². The maximum absolute atomic E-state index is 14.1. The van der Waals surface area contributed by atoms with Crippen LogP contribution >= 0.6 is 0 Å². The Morgan fingerprint density at radius 3 is 3.05 bits per heavy atom. The van der Waals surface area contributed by atoms with Crippen molar-refractivity contribution in [2.75, 3.05) is 18.4 Å². The van der Waals surface area contributed by atoms with Crippen LogP contribution in [0.15, 0.2) is 12.3 Å². The van der Waals surface area contributed by atoms with Gasteiger partial charge >= 0.3 is 0 Å². The second kappa shape index (κ2) is 6.31. The van der Waals surface area contributed by atoms with Crippen molar-refractivity contribution < 1.29 is 14.0 Å². The van der Waals surface area contributed by atoms with Crippen molar-refractivity contribution in [3.8, 4) is 0 Å². The van der Waals surface area contributed by atoms with Gasteiger partial charge in [-0.3, -0.25) is 9.59 Å². The van der Waals surface area contributed by atoms with Crippen molar-refractivity contribution in [1.29, 1.82) is 0 Å². The molecule has 108 valence electrons. The Bertz CT molecular complexity index is 521. The van der Waals surface area contributed by atoms with Crippen LogP contribution in [-0.2, 0) is 4.79 Å². The number of halogens is 1. The second-order valence-electron chi connectivity index (χ2n) is 4.63. The van der Waals surface area contributed by atoms with E-state index in [0.717, 1.165) is 6.42 Å². The van der Waals surface area contributed by atoms with E-state index in [9.17, 15) is 14.0 Å². The minimum absolute atomic E-state index is 0.0696. The molecule has 1 aliphatic rings. The predicted molar refractivity (Wildman–Crippen MR) is 71.9 cm³/mol. The summed E-state index contributed by atoms with van der Waals surface area (Å²) in [4.78, 5) is 26.9. The number of pyridine rings is 1. The Morgan fingerprint density at radius 1 is 1.60 bits per heavy atom. The highest BCUT2D eigenvalue weighted by Gasteiger charge is 2.25. The van der Waals surface area contributed by atoms with E-state index >= 15 is 0 Å². The van der Waals surface area contributed by atoms with E-state index in [4.69, 9.17) is 0 Å². The van der Waals surface area contributed by atoms with Crippen LogP contribution in [0.25, 0.3) is 0 Å². The number of carbonyl (C=O) groups excluding carboxylic acids is 2. The molecule has 2 amide bonds. The first-order valence-corrected chi connectivity index (χ1v) is 6.57. The van der Waals surface area contributed by atoms with E-state index < -0.39 is 11.7 Å². The Morgan fingerprint density at radius 2 is 2.40 bits per heavy atom. The molecule has 1 unspecified atom stereocenters. The highest BCUT2D eigenvalue weighted by atomic mass is 19.1. The third-order valence-electron chi connectivity index (χ3n) is 2.99. The van der Waals surface area contributed by atoms with Crippen LogP contribution in [0.1, 0.15) is 30.1 Å². The molecule has 0 bridgehead atoms. The van der Waals surface area contributed by atoms with E-state index in [-0.39, 0.29) is 29.8 Å². The molecule has 6 nitrogen and oxygen atoms in total. The van der Waals surface area contributed by atoms with Crippen LogP contribution in [0.3, 0.4) is 0 Å². The summed E-state index contributed by atoms with van der Waals surface area (Å²) in [5, 5.41) is 8.07. The molecule has 1 aromatic rings. The van der Waals surface area contributed by atoms with Crippen molar-refractivity contribution in [2.45, 2.75) is 25.8 Å². The van der Waals surface area contributed by atoms with Crippen molar-refractivity contribution >= 4 is 17.6 Å². The lowest BCUT2D eigenvalue weighted by Crippen LogP contribution is -2.36. The van der Waals surface area contributed by atoms with Crippen molar-refractivity contribution in [3.05, 3.63) is 23.6 Å². The van der Waals surface area contributed by atoms with Crippen molar-refractivity contribution in [2.24, 2.45) is 0 Å². The minimum Gasteiger partial charge on any atom is -0.368 e. The van der Waals surface area contributed by atoms with Gasteiger partial charge in [0.15, 0.2) is 11.6 Å². The van der Waals surface area contributed by atoms with E-state index in [0.29, 0.717) is 13.1 Å². The third kappa shape index (κ3) is 3.23. The molecular weight excluding hydrogens is 263 g/mol. The lowest BCUT2D eigenvalue weighted by Gasteiger charge is -2.12. The Balaban J connectivity index is 2.07. The largest absolute Gasteiger partial charge is 0.368 e. The van der Waals surface area contributed by atoms with Gasteiger partial charge in [-0.05, 0) is 12.5 Å². The van der Waals surface area contributed by atoms with Gasteiger partial charge in [-0.2, -0.15) is 0 Å². The molecule has 1 atom stereocenters. The molecule has 0 spiro atoms. The van der Waals surface area contributed by atoms with Crippen LogP contribution in [0.5, 0.6) is 0 Å². The summed E-state index contributed by atoms with van der Waals surface area (Å²) in [6, 6.07) is 1.03. The number of carbonyl (C=O) groups is 2. The Hall–Kier alpha value is -2.18. The first-order chi connectivity index (χ1) is 9.61. The lowest BCUT2D eigenvalue weighted by molar-refractivity contribution is -0.119. The third-order valence-corrected chi connectivity index (χ3v) is 2.99. The van der Waals surface area contributed by atoms with E-state index in [1.165, 1.54) is 12.3 Å². The minimum atomic E-state index is -0.671. The molecule has 1 aliphatic heterocycles. The molecular formula is C13H17FN4O2. The SMILES string of the molecule is CCCNc1nccc(C(=O)NC2CNC(=O)C2)c1F. The van der Waals surface area contributed by atoms with Crippen molar-refractivity contribution in [1.82, 2.24) is 15.6 Å². The van der Waals surface area contributed by atoms with Gasteiger partial charge < -0.3 is 16.0 Å². The number of aromatic nitrogens is 1. The molecule has 0 saturated carbocycles. The summed E-state index contributed by atoms with van der Waals surface area (Å²) in [6.45, 7) is 2.90. The zero-order valence-electron chi connectivity index (χ0n) is 11.2. The summed E-state index contributed by atoms with van der Waals surface area (Å²) in [7, 11) is 0. The van der Waals surface area contributed by atoms with Gasteiger partial charge in [0, 0.05) is 25.7 Å². The molecule has 1 aromatic heterocycles. The second-order valence-corrected chi connectivity index (χ2v) is 4.63. The summed E-state index contributed by atoms with van der Waals surface area (Å²) < 4.78 is 14.1. The van der Waals surface area contributed by atoms with Gasteiger partial charge in [0.25, 0.3) is 5.91 Å². The molecule has 2 heterocycles. The maximum Gasteiger partial charge on any atom is 0.254 e. The number of anilines is 1. The van der Waals surface area contributed by atoms with Crippen LogP contribution in [-0.4, -0.2) is 35.9 Å². The Kier molecular flexibility index (Phi) is 4.49. The van der Waals surface area contributed by atoms with Crippen molar-refractivity contribution in [3.63, 3.8) is 0 Å². The molecule has 1 fully saturated rings. The fraction of sp³-hybridized carbons (Fsp3) is 0.462. The standard InChI is InChI=1S/C13H17FN4O2/c1-2-4-15-12-11(14)9(3-5-16-12)13(20)18-8-6-10(19)17-7-8/h3,5,8H,2,4,6-7H2,1H3,(H,15,16)(H,17,19)(H,18,20). The molecule has 0 aliphatic carbocycles. The highest BCUT2D eigenvalue weighted by Crippen LogP contribution is 2.15. The number of hydrogen-bond acceptors (Lipinski definition) is 4. The predicted octanol–water partition coefficient (Wildman–Crippen LogP) is 0.661. The normalized spacial score (nSPS) is 17.7.